The highest BCUT2D eigenvalue weighted by Gasteiger charge is 2.12. The summed E-state index contributed by atoms with van der Waals surface area (Å²) >= 11 is 3.39. The lowest BCUT2D eigenvalue weighted by Crippen LogP contribution is -2.29. The molecule has 0 saturated carbocycles. The molecule has 2 aromatic carbocycles. The van der Waals surface area contributed by atoms with Crippen molar-refractivity contribution in [3.63, 3.8) is 0 Å². The maximum absolute atomic E-state index is 11.9. The van der Waals surface area contributed by atoms with Gasteiger partial charge in [-0.2, -0.15) is 0 Å². The minimum Gasteiger partial charge on any atom is -0.507 e. The van der Waals surface area contributed by atoms with Crippen molar-refractivity contribution in [1.29, 1.82) is 0 Å². The number of nitrogens with one attached hydrogen (secondary N) is 2. The lowest BCUT2D eigenvalue weighted by atomic mass is 10.1. The van der Waals surface area contributed by atoms with Gasteiger partial charge < -0.3 is 25.6 Å². The number of hydrogen-bond acceptors (Lipinski definition) is 6. The first-order chi connectivity index (χ1) is 14.4. The van der Waals surface area contributed by atoms with Crippen LogP contribution in [0.2, 0.25) is 0 Å². The van der Waals surface area contributed by atoms with Gasteiger partial charge in [-0.15, -0.1) is 0 Å². The number of aliphatic hydroxyl groups is 1. The molecule has 7 nitrogen and oxygen atoms in total. The molecule has 0 bridgehead atoms. The van der Waals surface area contributed by atoms with Crippen molar-refractivity contribution < 1.29 is 24.5 Å². The van der Waals surface area contributed by atoms with Crippen LogP contribution in [0, 0.1) is 0 Å². The predicted octanol–water partition coefficient (Wildman–Crippen LogP) is 2.70. The fourth-order valence-electron chi connectivity index (χ4n) is 2.90. The van der Waals surface area contributed by atoms with Crippen LogP contribution in [0.5, 0.6) is 5.75 Å². The highest BCUT2D eigenvalue weighted by Crippen LogP contribution is 2.21. The quantitative estimate of drug-likeness (QED) is 0.292. The number of benzene rings is 2. The largest absolute Gasteiger partial charge is 0.507 e. The molecule has 0 spiro atoms. The zero-order valence-electron chi connectivity index (χ0n) is 16.9. The third-order valence-electron chi connectivity index (χ3n) is 4.56. The van der Waals surface area contributed by atoms with Gasteiger partial charge in [0.05, 0.1) is 13.2 Å². The molecule has 0 radical (unpaired) electrons. The Kier molecular flexibility index (Phi) is 9.79. The molecule has 8 heteroatoms. The second kappa shape index (κ2) is 12.3. The van der Waals surface area contributed by atoms with Crippen molar-refractivity contribution in [2.45, 2.75) is 25.4 Å². The van der Waals surface area contributed by atoms with Crippen molar-refractivity contribution in [3.8, 4) is 5.75 Å². The van der Waals surface area contributed by atoms with Gasteiger partial charge in [-0.3, -0.25) is 4.79 Å². The molecule has 0 aliphatic heterocycles. The van der Waals surface area contributed by atoms with Crippen LogP contribution in [-0.4, -0.2) is 48.8 Å². The minimum atomic E-state index is -0.594. The van der Waals surface area contributed by atoms with Gasteiger partial charge in [-0.1, -0.05) is 34.1 Å². The van der Waals surface area contributed by atoms with Gasteiger partial charge >= 0.3 is 5.97 Å². The van der Waals surface area contributed by atoms with Crippen molar-refractivity contribution in [2.24, 2.45) is 0 Å². The molecular formula is C22H27BrN2O5. The van der Waals surface area contributed by atoms with Crippen LogP contribution in [0.25, 0.3) is 0 Å². The molecule has 0 fully saturated rings. The van der Waals surface area contributed by atoms with Crippen LogP contribution in [0.4, 0.5) is 0 Å². The Morgan fingerprint density at radius 2 is 1.93 bits per heavy atom. The topological polar surface area (TPSA) is 108 Å². The standard InChI is InChI=1S/C22H27BrN2O5/c1-30-22(29)18-6-5-15(13-20(18)27)7-12-25-21(28)9-11-24-10-8-19(26)16-3-2-4-17(23)14-16/h2-6,13-14,19,24,26-27H,7-12H2,1H3,(H,25,28). The third-order valence-corrected chi connectivity index (χ3v) is 5.05. The van der Waals surface area contributed by atoms with Crippen LogP contribution in [0.15, 0.2) is 46.9 Å². The van der Waals surface area contributed by atoms with Crippen LogP contribution in [0.3, 0.4) is 0 Å². The smallest absolute Gasteiger partial charge is 0.341 e. The molecule has 2 aromatic rings. The summed E-state index contributed by atoms with van der Waals surface area (Å²) in [7, 11) is 1.25. The Morgan fingerprint density at radius 1 is 1.13 bits per heavy atom. The summed E-state index contributed by atoms with van der Waals surface area (Å²) < 4.78 is 5.52. The number of hydrogen-bond donors (Lipinski definition) is 4. The average molecular weight is 479 g/mol. The van der Waals surface area contributed by atoms with E-state index in [4.69, 9.17) is 0 Å². The number of amides is 1. The van der Waals surface area contributed by atoms with E-state index in [0.717, 1.165) is 15.6 Å². The molecule has 0 aliphatic carbocycles. The third kappa shape index (κ3) is 7.78. The number of halogens is 1. The Hall–Kier alpha value is -2.42. The van der Waals surface area contributed by atoms with E-state index in [2.05, 4.69) is 31.3 Å². The molecule has 0 aromatic heterocycles. The first kappa shape index (κ1) is 23.9. The normalized spacial score (nSPS) is 11.7. The van der Waals surface area contributed by atoms with E-state index in [0.29, 0.717) is 38.9 Å². The van der Waals surface area contributed by atoms with Crippen LogP contribution in [0.1, 0.15) is 40.4 Å². The summed E-state index contributed by atoms with van der Waals surface area (Å²) in [6, 6.07) is 12.3. The number of carbonyl (C=O) groups excluding carboxylic acids is 2. The molecule has 0 saturated heterocycles. The van der Waals surface area contributed by atoms with Crippen molar-refractivity contribution in [3.05, 3.63) is 63.6 Å². The summed E-state index contributed by atoms with van der Waals surface area (Å²) in [5, 5.41) is 26.0. The summed E-state index contributed by atoms with van der Waals surface area (Å²) in [5.74, 6) is -0.811. The van der Waals surface area contributed by atoms with Gasteiger partial charge in [0.25, 0.3) is 0 Å². The maximum Gasteiger partial charge on any atom is 0.341 e. The number of carbonyl (C=O) groups is 2. The number of rotatable bonds is 11. The highest BCUT2D eigenvalue weighted by atomic mass is 79.9. The second-order valence-electron chi connectivity index (χ2n) is 6.80. The van der Waals surface area contributed by atoms with E-state index in [1.54, 1.807) is 6.07 Å². The van der Waals surface area contributed by atoms with E-state index >= 15 is 0 Å². The van der Waals surface area contributed by atoms with Gasteiger partial charge in [-0.25, -0.2) is 4.79 Å². The monoisotopic (exact) mass is 478 g/mol. The lowest BCUT2D eigenvalue weighted by molar-refractivity contribution is -0.120. The first-order valence-corrected chi connectivity index (χ1v) is 10.5. The summed E-state index contributed by atoms with van der Waals surface area (Å²) in [4.78, 5) is 23.4. The van der Waals surface area contributed by atoms with Crippen LogP contribution in [-0.2, 0) is 16.0 Å². The van der Waals surface area contributed by atoms with Gasteiger partial charge in [-0.05, 0) is 54.8 Å². The molecule has 30 heavy (non-hydrogen) atoms. The van der Waals surface area contributed by atoms with Crippen LogP contribution >= 0.6 is 15.9 Å². The van der Waals surface area contributed by atoms with Crippen molar-refractivity contribution in [2.75, 3.05) is 26.7 Å². The van der Waals surface area contributed by atoms with Gasteiger partial charge in [0, 0.05) is 24.0 Å². The highest BCUT2D eigenvalue weighted by molar-refractivity contribution is 9.10. The lowest BCUT2D eigenvalue weighted by Gasteiger charge is -2.12. The first-order valence-electron chi connectivity index (χ1n) is 9.72. The summed E-state index contributed by atoms with van der Waals surface area (Å²) in [5.41, 5.74) is 1.77. The Morgan fingerprint density at radius 3 is 2.63 bits per heavy atom. The number of phenols is 1. The molecule has 1 amide bonds. The Balaban J connectivity index is 1.60. The van der Waals surface area contributed by atoms with E-state index < -0.39 is 12.1 Å². The fraction of sp³-hybridized carbons (Fsp3) is 0.364. The molecule has 4 N–H and O–H groups in total. The average Bonchev–Trinajstić information content (AvgIpc) is 2.73. The number of phenolic OH excluding ortho intramolecular Hbond substituents is 1. The SMILES string of the molecule is COC(=O)c1ccc(CCNC(=O)CCNCCC(O)c2cccc(Br)c2)cc1O. The Labute approximate surface area is 184 Å². The van der Waals surface area contributed by atoms with E-state index in [9.17, 15) is 19.8 Å². The molecule has 1 atom stereocenters. The van der Waals surface area contributed by atoms with Crippen molar-refractivity contribution in [1.82, 2.24) is 10.6 Å². The number of esters is 1. The van der Waals surface area contributed by atoms with Crippen LogP contribution < -0.4 is 10.6 Å². The summed E-state index contributed by atoms with van der Waals surface area (Å²) in [6.45, 7) is 1.55. The molecular weight excluding hydrogens is 452 g/mol. The van der Waals surface area contributed by atoms with Gasteiger partial charge in [0.15, 0.2) is 0 Å². The number of ether oxygens (including phenoxy) is 1. The second-order valence-corrected chi connectivity index (χ2v) is 7.72. The minimum absolute atomic E-state index is 0.0783. The molecule has 2 rings (SSSR count). The van der Waals surface area contributed by atoms with Gasteiger partial charge in [0.1, 0.15) is 11.3 Å². The molecule has 1 unspecified atom stereocenters. The van der Waals surface area contributed by atoms with Crippen molar-refractivity contribution >= 4 is 27.8 Å². The Bertz CT molecular complexity index is 859. The zero-order valence-corrected chi connectivity index (χ0v) is 18.4. The zero-order chi connectivity index (χ0) is 21.9. The molecule has 0 heterocycles. The number of methoxy groups -OCH3 is 1. The predicted molar refractivity (Wildman–Crippen MR) is 117 cm³/mol. The van der Waals surface area contributed by atoms with E-state index in [1.807, 2.05) is 24.3 Å². The number of aliphatic hydroxyl groups excluding tert-OH is 1. The molecule has 162 valence electrons. The number of aromatic hydroxyl groups is 1. The molecule has 0 aliphatic rings. The van der Waals surface area contributed by atoms with Gasteiger partial charge in [0.2, 0.25) is 5.91 Å². The van der Waals surface area contributed by atoms with E-state index in [-0.39, 0.29) is 17.2 Å². The summed E-state index contributed by atoms with van der Waals surface area (Å²) in [6.07, 6.45) is 0.876. The van der Waals surface area contributed by atoms with E-state index in [1.165, 1.54) is 19.2 Å². The maximum atomic E-state index is 11.9. The fourth-order valence-corrected chi connectivity index (χ4v) is 3.31.